The van der Waals surface area contributed by atoms with Crippen molar-refractivity contribution in [1.82, 2.24) is 20.4 Å². The number of thiophene rings is 1. The van der Waals surface area contributed by atoms with Crippen LogP contribution in [0.15, 0.2) is 30.3 Å². The van der Waals surface area contributed by atoms with Crippen LogP contribution in [0.2, 0.25) is 0 Å². The molecule has 0 saturated carbocycles. The summed E-state index contributed by atoms with van der Waals surface area (Å²) < 4.78 is 14.9. The third-order valence-electron chi connectivity index (χ3n) is 4.49. The second kappa shape index (κ2) is 7.73. The molecule has 3 aromatic rings. The maximum absolute atomic E-state index is 13.1. The minimum Gasteiger partial charge on any atom is -0.351 e. The van der Waals surface area contributed by atoms with Gasteiger partial charge >= 0.3 is 0 Å². The van der Waals surface area contributed by atoms with Crippen molar-refractivity contribution in [2.24, 2.45) is 5.92 Å². The number of carbonyl (C=O) groups excluding carboxylic acids is 1. The average Bonchev–Trinajstić information content (AvgIpc) is 3.10. The molecule has 4 rings (SSSR count). The molecule has 0 atom stereocenters. The van der Waals surface area contributed by atoms with Crippen LogP contribution in [-0.4, -0.2) is 35.3 Å². The quantitative estimate of drug-likeness (QED) is 0.699. The molecule has 1 saturated heterocycles. The van der Waals surface area contributed by atoms with Gasteiger partial charge in [0.15, 0.2) is 0 Å². The number of rotatable bonds is 5. The Hall–Kier alpha value is -1.96. The molecule has 138 valence electrons. The van der Waals surface area contributed by atoms with Crippen LogP contribution in [0.5, 0.6) is 0 Å². The number of benzene rings is 1. The SMILES string of the molecule is Cc1nn(Cc2ccc(F)cc2)c2sc(C(=O)NCC3CNC3)cc12.Cl. The molecule has 3 heterocycles. The van der Waals surface area contributed by atoms with Crippen LogP contribution in [0.4, 0.5) is 4.39 Å². The number of fused-ring (bicyclic) bond motifs is 1. The lowest BCUT2D eigenvalue weighted by molar-refractivity contribution is 0.0946. The molecule has 26 heavy (non-hydrogen) atoms. The van der Waals surface area contributed by atoms with Gasteiger partial charge in [0.25, 0.3) is 5.91 Å². The summed E-state index contributed by atoms with van der Waals surface area (Å²) in [6, 6.07) is 8.33. The molecule has 1 aromatic carbocycles. The molecule has 0 radical (unpaired) electrons. The normalized spacial score (nSPS) is 14.1. The third kappa shape index (κ3) is 3.75. The van der Waals surface area contributed by atoms with E-state index < -0.39 is 0 Å². The van der Waals surface area contributed by atoms with E-state index >= 15 is 0 Å². The Balaban J connectivity index is 0.00000196. The Morgan fingerprint density at radius 2 is 2.12 bits per heavy atom. The van der Waals surface area contributed by atoms with E-state index in [1.807, 2.05) is 17.7 Å². The lowest BCUT2D eigenvalue weighted by atomic mass is 10.0. The average molecular weight is 395 g/mol. The van der Waals surface area contributed by atoms with E-state index in [0.717, 1.165) is 34.6 Å². The second-order valence-electron chi connectivity index (χ2n) is 6.43. The predicted octanol–water partition coefficient (Wildman–Crippen LogP) is 2.96. The van der Waals surface area contributed by atoms with Gasteiger partial charge in [-0.25, -0.2) is 4.39 Å². The first-order valence-corrected chi connectivity index (χ1v) is 9.12. The Morgan fingerprint density at radius 1 is 1.38 bits per heavy atom. The highest BCUT2D eigenvalue weighted by molar-refractivity contribution is 7.20. The van der Waals surface area contributed by atoms with Gasteiger partial charge in [-0.15, -0.1) is 23.7 Å². The van der Waals surface area contributed by atoms with Crippen molar-refractivity contribution in [3.05, 3.63) is 52.3 Å². The number of halogens is 2. The van der Waals surface area contributed by atoms with E-state index in [1.165, 1.54) is 23.5 Å². The van der Waals surface area contributed by atoms with Crippen LogP contribution in [-0.2, 0) is 6.54 Å². The zero-order valence-electron chi connectivity index (χ0n) is 14.3. The number of aryl methyl sites for hydroxylation is 1. The number of aromatic nitrogens is 2. The molecule has 8 heteroatoms. The summed E-state index contributed by atoms with van der Waals surface area (Å²) in [7, 11) is 0. The highest BCUT2D eigenvalue weighted by atomic mass is 35.5. The molecule has 1 aliphatic heterocycles. The minimum atomic E-state index is -0.248. The number of hydrogen-bond donors (Lipinski definition) is 2. The first-order valence-electron chi connectivity index (χ1n) is 8.30. The fraction of sp³-hybridized carbons (Fsp3) is 0.333. The number of nitrogens with one attached hydrogen (secondary N) is 2. The molecule has 2 aromatic heterocycles. The molecule has 5 nitrogen and oxygen atoms in total. The minimum absolute atomic E-state index is 0. The van der Waals surface area contributed by atoms with Crippen LogP contribution in [0.1, 0.15) is 20.9 Å². The summed E-state index contributed by atoms with van der Waals surface area (Å²) in [5, 5.41) is 11.8. The van der Waals surface area contributed by atoms with Crippen molar-refractivity contribution in [3.63, 3.8) is 0 Å². The molecule has 1 fully saturated rings. The Bertz CT molecular complexity index is 917. The summed E-state index contributed by atoms with van der Waals surface area (Å²) in [4.78, 5) is 14.1. The standard InChI is InChI=1S/C18H19FN4OS.ClH/c1-11-15-6-16(17(24)21-9-13-7-20-8-13)25-18(15)23(22-11)10-12-2-4-14(19)5-3-12;/h2-6,13,20H,7-10H2,1H3,(H,21,24);1H. The Labute approximate surface area is 161 Å². The zero-order chi connectivity index (χ0) is 17.4. The third-order valence-corrected chi connectivity index (χ3v) is 5.64. The summed E-state index contributed by atoms with van der Waals surface area (Å²) in [5.74, 6) is 0.261. The van der Waals surface area contributed by atoms with Crippen molar-refractivity contribution < 1.29 is 9.18 Å². The largest absolute Gasteiger partial charge is 0.351 e. The first-order chi connectivity index (χ1) is 12.1. The van der Waals surface area contributed by atoms with Gasteiger partial charge in [-0.05, 0) is 30.7 Å². The number of carbonyl (C=O) groups is 1. The van der Waals surface area contributed by atoms with E-state index in [9.17, 15) is 9.18 Å². The van der Waals surface area contributed by atoms with Crippen molar-refractivity contribution in [2.75, 3.05) is 19.6 Å². The van der Waals surface area contributed by atoms with E-state index in [4.69, 9.17) is 0 Å². The van der Waals surface area contributed by atoms with Crippen LogP contribution in [0, 0.1) is 18.7 Å². The number of amides is 1. The fourth-order valence-corrected chi connectivity index (χ4v) is 3.99. The molecular formula is C18H20ClFN4OS. The summed E-state index contributed by atoms with van der Waals surface area (Å²) in [5.41, 5.74) is 1.87. The van der Waals surface area contributed by atoms with Gasteiger partial charge in [0.2, 0.25) is 0 Å². The molecule has 2 N–H and O–H groups in total. The lowest BCUT2D eigenvalue weighted by Gasteiger charge is -2.26. The van der Waals surface area contributed by atoms with E-state index in [1.54, 1.807) is 12.1 Å². The van der Waals surface area contributed by atoms with E-state index in [-0.39, 0.29) is 24.1 Å². The fourth-order valence-electron chi connectivity index (χ4n) is 2.91. The summed E-state index contributed by atoms with van der Waals surface area (Å²) in [6.45, 7) is 5.15. The number of hydrogen-bond acceptors (Lipinski definition) is 4. The summed E-state index contributed by atoms with van der Waals surface area (Å²) >= 11 is 1.45. The maximum Gasteiger partial charge on any atom is 0.261 e. The molecule has 0 bridgehead atoms. The van der Waals surface area contributed by atoms with Gasteiger partial charge in [-0.3, -0.25) is 9.48 Å². The van der Waals surface area contributed by atoms with Gasteiger partial charge in [0.05, 0.1) is 17.1 Å². The number of nitrogens with zero attached hydrogens (tertiary/aromatic N) is 2. The van der Waals surface area contributed by atoms with Crippen LogP contribution >= 0.6 is 23.7 Å². The second-order valence-corrected chi connectivity index (χ2v) is 7.46. The molecule has 0 aliphatic carbocycles. The molecule has 1 aliphatic rings. The van der Waals surface area contributed by atoms with Gasteiger partial charge in [0, 0.05) is 30.9 Å². The molecule has 1 amide bonds. The summed E-state index contributed by atoms with van der Waals surface area (Å²) in [6.07, 6.45) is 0. The molecular weight excluding hydrogens is 375 g/mol. The van der Waals surface area contributed by atoms with E-state index in [2.05, 4.69) is 15.7 Å². The monoisotopic (exact) mass is 394 g/mol. The first kappa shape index (κ1) is 18.8. The van der Waals surface area contributed by atoms with Gasteiger partial charge in [-0.1, -0.05) is 12.1 Å². The van der Waals surface area contributed by atoms with Crippen molar-refractivity contribution in [1.29, 1.82) is 0 Å². The van der Waals surface area contributed by atoms with Crippen LogP contribution in [0.25, 0.3) is 10.2 Å². The predicted molar refractivity (Wildman–Crippen MR) is 104 cm³/mol. The highest BCUT2D eigenvalue weighted by Gasteiger charge is 2.20. The van der Waals surface area contributed by atoms with Crippen molar-refractivity contribution in [3.8, 4) is 0 Å². The Morgan fingerprint density at radius 3 is 2.77 bits per heavy atom. The topological polar surface area (TPSA) is 59.0 Å². The van der Waals surface area contributed by atoms with Crippen LogP contribution in [0.3, 0.4) is 0 Å². The zero-order valence-corrected chi connectivity index (χ0v) is 15.9. The van der Waals surface area contributed by atoms with Gasteiger partial charge in [0.1, 0.15) is 10.6 Å². The van der Waals surface area contributed by atoms with Crippen LogP contribution < -0.4 is 10.6 Å². The molecule has 0 spiro atoms. The maximum atomic E-state index is 13.1. The van der Waals surface area contributed by atoms with Crippen molar-refractivity contribution in [2.45, 2.75) is 13.5 Å². The van der Waals surface area contributed by atoms with E-state index in [0.29, 0.717) is 23.9 Å². The van der Waals surface area contributed by atoms with Gasteiger partial charge < -0.3 is 10.6 Å². The lowest BCUT2D eigenvalue weighted by Crippen LogP contribution is -2.48. The smallest absolute Gasteiger partial charge is 0.261 e. The highest BCUT2D eigenvalue weighted by Crippen LogP contribution is 2.29. The Kier molecular flexibility index (Phi) is 5.60. The van der Waals surface area contributed by atoms with Gasteiger partial charge in [-0.2, -0.15) is 5.10 Å². The van der Waals surface area contributed by atoms with Crippen molar-refractivity contribution >= 4 is 39.9 Å². The molecule has 0 unspecified atom stereocenters.